The minimum Gasteiger partial charge on any atom is -0.337 e. The summed E-state index contributed by atoms with van der Waals surface area (Å²) in [6.45, 7) is 2.58. The van der Waals surface area contributed by atoms with Crippen LogP contribution in [0.5, 0.6) is 0 Å². The zero-order valence-corrected chi connectivity index (χ0v) is 4.88. The van der Waals surface area contributed by atoms with Crippen LogP contribution in [0.25, 0.3) is 0 Å². The van der Waals surface area contributed by atoms with Crippen LogP contribution in [0.15, 0.2) is 4.99 Å². The molecule has 0 saturated heterocycles. The van der Waals surface area contributed by atoms with E-state index in [1.54, 1.807) is 0 Å². The molecular weight excluding hydrogens is 108 g/mol. The molecule has 1 aliphatic heterocycles. The van der Waals surface area contributed by atoms with Crippen molar-refractivity contribution in [3.8, 4) is 0 Å². The Balaban J connectivity index is 2.58. The van der Waals surface area contributed by atoms with Crippen LogP contribution in [0.2, 0.25) is 0 Å². The van der Waals surface area contributed by atoms with Gasteiger partial charge in [-0.1, -0.05) is 12.2 Å². The Morgan fingerprint density at radius 3 is 2.71 bits per heavy atom. The summed E-state index contributed by atoms with van der Waals surface area (Å²) >= 11 is 4.77. The van der Waals surface area contributed by atoms with E-state index >= 15 is 0 Å². The molecule has 0 radical (unpaired) electrons. The van der Waals surface area contributed by atoms with Crippen molar-refractivity contribution < 1.29 is 0 Å². The Hall–Kier alpha value is -0.440. The van der Waals surface area contributed by atoms with Gasteiger partial charge in [0.05, 0.1) is 12.4 Å². The first-order valence-electron chi connectivity index (χ1n) is 2.10. The van der Waals surface area contributed by atoms with Crippen LogP contribution in [-0.4, -0.2) is 17.4 Å². The Labute approximate surface area is 47.6 Å². The van der Waals surface area contributed by atoms with E-state index in [0.29, 0.717) is 6.54 Å². The summed E-state index contributed by atoms with van der Waals surface area (Å²) in [5.74, 6) is 0.935. The van der Waals surface area contributed by atoms with Gasteiger partial charge >= 0.3 is 0 Å². The standard InChI is InChI=1S/C4H6N2S/c1-3-5-2-4(7)6-3/h2H2,1H3,(H,5,6,7). The molecule has 0 amide bonds. The third kappa shape index (κ3) is 0.962. The van der Waals surface area contributed by atoms with Gasteiger partial charge in [-0.05, 0) is 6.92 Å². The number of nitrogens with zero attached hydrogens (tertiary/aromatic N) is 1. The number of amidine groups is 1. The molecule has 0 bridgehead atoms. The summed E-state index contributed by atoms with van der Waals surface area (Å²) in [5.41, 5.74) is 0. The van der Waals surface area contributed by atoms with E-state index in [9.17, 15) is 0 Å². The second-order valence-electron chi connectivity index (χ2n) is 1.45. The molecule has 2 nitrogen and oxygen atoms in total. The second kappa shape index (κ2) is 1.58. The molecule has 1 heterocycles. The monoisotopic (exact) mass is 114 g/mol. The zero-order valence-electron chi connectivity index (χ0n) is 4.06. The molecular formula is C4H6N2S. The zero-order chi connectivity index (χ0) is 5.28. The van der Waals surface area contributed by atoms with Gasteiger partial charge in [0.1, 0.15) is 4.99 Å². The van der Waals surface area contributed by atoms with Crippen LogP contribution < -0.4 is 5.32 Å². The van der Waals surface area contributed by atoms with Crippen LogP contribution in [0.3, 0.4) is 0 Å². The quantitative estimate of drug-likeness (QED) is 0.459. The summed E-state index contributed by atoms with van der Waals surface area (Å²) < 4.78 is 0. The van der Waals surface area contributed by atoms with Crippen LogP contribution in [0, 0.1) is 0 Å². The highest BCUT2D eigenvalue weighted by molar-refractivity contribution is 7.80. The lowest BCUT2D eigenvalue weighted by Crippen LogP contribution is -2.19. The topological polar surface area (TPSA) is 24.4 Å². The lowest BCUT2D eigenvalue weighted by molar-refractivity contribution is 1.35. The number of rotatable bonds is 0. The Kier molecular flexibility index (Phi) is 1.06. The molecule has 0 aliphatic carbocycles. The van der Waals surface area contributed by atoms with Crippen LogP contribution >= 0.6 is 12.2 Å². The fourth-order valence-electron chi connectivity index (χ4n) is 0.471. The van der Waals surface area contributed by atoms with Crippen molar-refractivity contribution in [2.24, 2.45) is 4.99 Å². The van der Waals surface area contributed by atoms with Crippen molar-refractivity contribution >= 4 is 23.0 Å². The highest BCUT2D eigenvalue weighted by Gasteiger charge is 2.02. The molecule has 0 unspecified atom stereocenters. The third-order valence-electron chi connectivity index (χ3n) is 0.780. The van der Waals surface area contributed by atoms with Crippen molar-refractivity contribution in [1.82, 2.24) is 5.32 Å². The van der Waals surface area contributed by atoms with Gasteiger partial charge in [0, 0.05) is 0 Å². The molecule has 3 heteroatoms. The molecule has 0 aromatic rings. The highest BCUT2D eigenvalue weighted by Crippen LogP contribution is 1.85. The maximum Gasteiger partial charge on any atom is 0.102 e. The number of thiocarbonyl (C=S) groups is 1. The first-order valence-corrected chi connectivity index (χ1v) is 2.51. The molecule has 38 valence electrons. The van der Waals surface area contributed by atoms with Gasteiger partial charge in [0.2, 0.25) is 0 Å². The van der Waals surface area contributed by atoms with Gasteiger partial charge in [-0.25, -0.2) is 0 Å². The average molecular weight is 114 g/mol. The van der Waals surface area contributed by atoms with Crippen molar-refractivity contribution in [3.63, 3.8) is 0 Å². The lowest BCUT2D eigenvalue weighted by Gasteiger charge is -1.88. The Morgan fingerprint density at radius 2 is 2.57 bits per heavy atom. The van der Waals surface area contributed by atoms with Crippen molar-refractivity contribution in [2.45, 2.75) is 6.92 Å². The molecule has 0 spiro atoms. The van der Waals surface area contributed by atoms with Gasteiger partial charge in [-0.3, -0.25) is 4.99 Å². The average Bonchev–Trinajstić information content (AvgIpc) is 1.87. The minimum atomic E-state index is 0.682. The van der Waals surface area contributed by atoms with E-state index in [2.05, 4.69) is 10.3 Å². The van der Waals surface area contributed by atoms with E-state index < -0.39 is 0 Å². The molecule has 7 heavy (non-hydrogen) atoms. The highest BCUT2D eigenvalue weighted by atomic mass is 32.1. The summed E-state index contributed by atoms with van der Waals surface area (Å²) in [4.78, 5) is 4.81. The van der Waals surface area contributed by atoms with Crippen LogP contribution in [0.1, 0.15) is 6.92 Å². The predicted molar refractivity (Wildman–Crippen MR) is 33.7 cm³/mol. The van der Waals surface area contributed by atoms with E-state index in [0.717, 1.165) is 10.8 Å². The molecule has 1 N–H and O–H groups in total. The molecule has 0 aromatic carbocycles. The van der Waals surface area contributed by atoms with Crippen LogP contribution in [0.4, 0.5) is 0 Å². The van der Waals surface area contributed by atoms with Gasteiger partial charge in [0.25, 0.3) is 0 Å². The summed E-state index contributed by atoms with van der Waals surface area (Å²) in [5, 5.41) is 2.90. The molecule has 0 saturated carbocycles. The maximum atomic E-state index is 4.77. The first-order chi connectivity index (χ1) is 3.29. The van der Waals surface area contributed by atoms with E-state index in [4.69, 9.17) is 12.2 Å². The van der Waals surface area contributed by atoms with Gasteiger partial charge < -0.3 is 5.32 Å². The molecule has 1 rings (SSSR count). The second-order valence-corrected chi connectivity index (χ2v) is 1.94. The molecule has 0 atom stereocenters. The Bertz CT molecular complexity index is 128. The number of aliphatic imine (C=N–C) groups is 1. The van der Waals surface area contributed by atoms with Crippen LogP contribution in [-0.2, 0) is 0 Å². The SMILES string of the molecule is CC1=NCC(=S)N1. The molecule has 0 aromatic heterocycles. The summed E-state index contributed by atoms with van der Waals surface area (Å²) in [6.07, 6.45) is 0. The smallest absolute Gasteiger partial charge is 0.102 e. The fraction of sp³-hybridized carbons (Fsp3) is 0.500. The normalized spacial score (nSPS) is 19.0. The first kappa shape index (κ1) is 4.71. The lowest BCUT2D eigenvalue weighted by atomic mass is 10.7. The largest absolute Gasteiger partial charge is 0.337 e. The number of hydrogen-bond donors (Lipinski definition) is 1. The van der Waals surface area contributed by atoms with E-state index in [1.807, 2.05) is 6.92 Å². The van der Waals surface area contributed by atoms with Crippen molar-refractivity contribution in [3.05, 3.63) is 0 Å². The predicted octanol–water partition coefficient (Wildman–Crippen LogP) is 0.335. The molecule has 0 fully saturated rings. The van der Waals surface area contributed by atoms with Crippen molar-refractivity contribution in [1.29, 1.82) is 0 Å². The third-order valence-corrected chi connectivity index (χ3v) is 1.01. The Morgan fingerprint density at radius 1 is 1.86 bits per heavy atom. The van der Waals surface area contributed by atoms with Gasteiger partial charge in [-0.15, -0.1) is 0 Å². The minimum absolute atomic E-state index is 0.682. The van der Waals surface area contributed by atoms with Crippen molar-refractivity contribution in [2.75, 3.05) is 6.54 Å². The van der Waals surface area contributed by atoms with Gasteiger partial charge in [0.15, 0.2) is 0 Å². The summed E-state index contributed by atoms with van der Waals surface area (Å²) in [6, 6.07) is 0. The van der Waals surface area contributed by atoms with Gasteiger partial charge in [-0.2, -0.15) is 0 Å². The maximum absolute atomic E-state index is 4.77. The number of nitrogens with one attached hydrogen (secondary N) is 1. The molecule has 1 aliphatic rings. The fourth-order valence-corrected chi connectivity index (χ4v) is 0.683. The number of hydrogen-bond acceptors (Lipinski definition) is 2. The van der Waals surface area contributed by atoms with E-state index in [-0.39, 0.29) is 0 Å². The summed E-state index contributed by atoms with van der Waals surface area (Å²) in [7, 11) is 0. The van der Waals surface area contributed by atoms with E-state index in [1.165, 1.54) is 0 Å².